The number of hydrogen-bond acceptors (Lipinski definition) is 2. The monoisotopic (exact) mass is 289 g/mol. The van der Waals surface area contributed by atoms with Gasteiger partial charge >= 0.3 is 0 Å². The van der Waals surface area contributed by atoms with E-state index >= 15 is 0 Å². The summed E-state index contributed by atoms with van der Waals surface area (Å²) < 4.78 is 5.14. The van der Waals surface area contributed by atoms with Crippen molar-refractivity contribution in [1.29, 1.82) is 0 Å². The molecular weight excluding hydrogens is 274 g/mol. The molecule has 20 heavy (non-hydrogen) atoms. The summed E-state index contributed by atoms with van der Waals surface area (Å²) in [4.78, 5) is 12.2. The molecule has 0 saturated heterocycles. The van der Waals surface area contributed by atoms with Crippen LogP contribution >= 0.6 is 11.6 Å². The molecule has 2 aromatic rings. The first-order chi connectivity index (χ1) is 9.63. The fourth-order valence-electron chi connectivity index (χ4n) is 1.89. The van der Waals surface area contributed by atoms with Crippen LogP contribution in [0.5, 0.6) is 5.75 Å². The minimum Gasteiger partial charge on any atom is -0.497 e. The summed E-state index contributed by atoms with van der Waals surface area (Å²) in [5.41, 5.74) is 3.24. The van der Waals surface area contributed by atoms with Crippen molar-refractivity contribution in [2.24, 2.45) is 0 Å². The first-order valence-corrected chi connectivity index (χ1v) is 6.78. The predicted octanol–water partition coefficient (Wildman–Crippen LogP) is 3.99. The molecule has 1 N–H and O–H groups in total. The van der Waals surface area contributed by atoms with Crippen LogP contribution in [-0.2, 0) is 5.88 Å². The lowest BCUT2D eigenvalue weighted by molar-refractivity contribution is 0.102. The second-order valence-electron chi connectivity index (χ2n) is 4.47. The molecule has 0 aliphatic carbocycles. The van der Waals surface area contributed by atoms with Crippen LogP contribution < -0.4 is 10.1 Å². The summed E-state index contributed by atoms with van der Waals surface area (Å²) in [5, 5.41) is 2.89. The van der Waals surface area contributed by atoms with Gasteiger partial charge in [-0.3, -0.25) is 4.79 Å². The molecule has 2 rings (SSSR count). The third-order valence-electron chi connectivity index (χ3n) is 3.03. The van der Waals surface area contributed by atoms with E-state index in [2.05, 4.69) is 5.32 Å². The molecule has 0 fully saturated rings. The maximum absolute atomic E-state index is 12.2. The summed E-state index contributed by atoms with van der Waals surface area (Å²) in [6.07, 6.45) is 0. The molecule has 0 spiro atoms. The van der Waals surface area contributed by atoms with Crippen LogP contribution in [0.25, 0.3) is 0 Å². The average molecular weight is 290 g/mol. The number of aryl methyl sites for hydroxylation is 1. The molecule has 2 aromatic carbocycles. The molecule has 104 valence electrons. The topological polar surface area (TPSA) is 38.3 Å². The first-order valence-electron chi connectivity index (χ1n) is 6.25. The number of anilines is 1. The zero-order valence-electron chi connectivity index (χ0n) is 11.4. The Balaban J connectivity index is 2.18. The van der Waals surface area contributed by atoms with Crippen LogP contribution in [0.1, 0.15) is 21.5 Å². The molecule has 0 aliphatic rings. The number of rotatable bonds is 4. The Morgan fingerprint density at radius 1 is 1.25 bits per heavy atom. The summed E-state index contributed by atoms with van der Waals surface area (Å²) in [7, 11) is 1.62. The number of nitrogens with one attached hydrogen (secondary N) is 1. The van der Waals surface area contributed by atoms with Crippen molar-refractivity contribution in [2.45, 2.75) is 12.8 Å². The molecule has 0 bridgehead atoms. The third-order valence-corrected chi connectivity index (χ3v) is 3.33. The van der Waals surface area contributed by atoms with Crippen molar-refractivity contribution in [2.75, 3.05) is 12.4 Å². The number of alkyl halides is 1. The van der Waals surface area contributed by atoms with E-state index in [1.807, 2.05) is 37.3 Å². The minimum atomic E-state index is -0.148. The number of carbonyl (C=O) groups excluding carboxylic acids is 1. The van der Waals surface area contributed by atoms with Gasteiger partial charge in [0.1, 0.15) is 5.75 Å². The maximum atomic E-state index is 12.2. The molecule has 0 aromatic heterocycles. The second-order valence-corrected chi connectivity index (χ2v) is 4.74. The first kappa shape index (κ1) is 14.4. The fraction of sp³-hybridized carbons (Fsp3) is 0.188. The summed E-state index contributed by atoms with van der Waals surface area (Å²) in [5.74, 6) is 1.01. The van der Waals surface area contributed by atoms with E-state index in [-0.39, 0.29) is 5.91 Å². The van der Waals surface area contributed by atoms with Gasteiger partial charge in [0, 0.05) is 17.1 Å². The number of ether oxygens (including phenoxy) is 1. The molecule has 3 nitrogen and oxygen atoms in total. The summed E-state index contributed by atoms with van der Waals surface area (Å²) >= 11 is 5.78. The van der Waals surface area contributed by atoms with Crippen LogP contribution in [0, 0.1) is 6.92 Å². The van der Waals surface area contributed by atoms with Gasteiger partial charge in [-0.15, -0.1) is 11.6 Å². The Morgan fingerprint density at radius 2 is 2.05 bits per heavy atom. The average Bonchev–Trinajstić information content (AvgIpc) is 2.49. The van der Waals surface area contributed by atoms with Crippen molar-refractivity contribution in [1.82, 2.24) is 0 Å². The highest BCUT2D eigenvalue weighted by atomic mass is 35.5. The van der Waals surface area contributed by atoms with E-state index in [0.29, 0.717) is 11.4 Å². The Morgan fingerprint density at radius 3 is 2.70 bits per heavy atom. The maximum Gasteiger partial charge on any atom is 0.255 e. The van der Waals surface area contributed by atoms with Crippen molar-refractivity contribution < 1.29 is 9.53 Å². The highest BCUT2D eigenvalue weighted by molar-refractivity contribution is 6.17. The van der Waals surface area contributed by atoms with Gasteiger partial charge in [-0.2, -0.15) is 0 Å². The molecule has 0 unspecified atom stereocenters. The zero-order valence-corrected chi connectivity index (χ0v) is 12.2. The number of methoxy groups -OCH3 is 1. The standard InChI is InChI=1S/C16H16ClNO2/c1-11-8-14(20-2)6-7-15(11)18-16(19)13-5-3-4-12(9-13)10-17/h3-9H,10H2,1-2H3,(H,18,19). The van der Waals surface area contributed by atoms with Gasteiger partial charge in [-0.25, -0.2) is 0 Å². The van der Waals surface area contributed by atoms with Crippen LogP contribution in [0.2, 0.25) is 0 Å². The molecule has 0 heterocycles. The second kappa shape index (κ2) is 6.44. The summed E-state index contributed by atoms with van der Waals surface area (Å²) in [6.45, 7) is 1.92. The van der Waals surface area contributed by atoms with Gasteiger partial charge in [-0.1, -0.05) is 12.1 Å². The quantitative estimate of drug-likeness (QED) is 0.864. The van der Waals surface area contributed by atoms with E-state index in [4.69, 9.17) is 16.3 Å². The molecule has 0 saturated carbocycles. The highest BCUT2D eigenvalue weighted by Gasteiger charge is 2.08. The number of benzene rings is 2. The zero-order chi connectivity index (χ0) is 14.5. The van der Waals surface area contributed by atoms with Gasteiger partial charge in [0.25, 0.3) is 5.91 Å². The van der Waals surface area contributed by atoms with E-state index in [0.717, 1.165) is 22.6 Å². The third kappa shape index (κ3) is 3.31. The highest BCUT2D eigenvalue weighted by Crippen LogP contribution is 2.21. The fourth-order valence-corrected chi connectivity index (χ4v) is 2.06. The molecular formula is C16H16ClNO2. The number of hydrogen-bond donors (Lipinski definition) is 1. The molecule has 0 atom stereocenters. The SMILES string of the molecule is COc1ccc(NC(=O)c2cccc(CCl)c2)c(C)c1. The number of amides is 1. The molecule has 0 radical (unpaired) electrons. The largest absolute Gasteiger partial charge is 0.497 e. The smallest absolute Gasteiger partial charge is 0.255 e. The van der Waals surface area contributed by atoms with Crippen LogP contribution in [0.3, 0.4) is 0 Å². The Labute approximate surface area is 123 Å². The van der Waals surface area contributed by atoms with Crippen molar-refractivity contribution in [3.8, 4) is 5.75 Å². The van der Waals surface area contributed by atoms with Gasteiger partial charge in [0.05, 0.1) is 7.11 Å². The van der Waals surface area contributed by atoms with E-state index in [1.54, 1.807) is 19.2 Å². The van der Waals surface area contributed by atoms with E-state index < -0.39 is 0 Å². The lowest BCUT2D eigenvalue weighted by Crippen LogP contribution is -2.13. The van der Waals surface area contributed by atoms with E-state index in [1.165, 1.54) is 0 Å². The Bertz CT molecular complexity index is 626. The predicted molar refractivity (Wildman–Crippen MR) is 81.7 cm³/mol. The number of carbonyl (C=O) groups is 1. The van der Waals surface area contributed by atoms with Gasteiger partial charge < -0.3 is 10.1 Å². The molecule has 1 amide bonds. The lowest BCUT2D eigenvalue weighted by atomic mass is 10.1. The minimum absolute atomic E-state index is 0.148. The van der Waals surface area contributed by atoms with Crippen molar-refractivity contribution in [3.63, 3.8) is 0 Å². The van der Waals surface area contributed by atoms with Crippen molar-refractivity contribution in [3.05, 3.63) is 59.2 Å². The van der Waals surface area contributed by atoms with Crippen LogP contribution in [0.4, 0.5) is 5.69 Å². The van der Waals surface area contributed by atoms with Crippen molar-refractivity contribution >= 4 is 23.2 Å². The van der Waals surface area contributed by atoms with E-state index in [9.17, 15) is 4.79 Å². The molecule has 0 aliphatic heterocycles. The van der Waals surface area contributed by atoms with Gasteiger partial charge in [0.15, 0.2) is 0 Å². The van der Waals surface area contributed by atoms with Crippen LogP contribution in [-0.4, -0.2) is 13.0 Å². The van der Waals surface area contributed by atoms with Gasteiger partial charge in [-0.05, 0) is 48.4 Å². The normalized spacial score (nSPS) is 10.2. The Kier molecular flexibility index (Phi) is 4.64. The molecule has 4 heteroatoms. The Hall–Kier alpha value is -2.00. The van der Waals surface area contributed by atoms with Gasteiger partial charge in [0.2, 0.25) is 0 Å². The van der Waals surface area contributed by atoms with Crippen LogP contribution in [0.15, 0.2) is 42.5 Å². The lowest BCUT2D eigenvalue weighted by Gasteiger charge is -2.10. The summed E-state index contributed by atoms with van der Waals surface area (Å²) in [6, 6.07) is 12.8. The number of halogens is 1.